The third-order valence-corrected chi connectivity index (χ3v) is 4.37. The number of carbonyl (C=O) groups is 1. The minimum absolute atomic E-state index is 0.374. The Morgan fingerprint density at radius 3 is 2.57 bits per heavy atom. The van der Waals surface area contributed by atoms with Crippen molar-refractivity contribution in [2.75, 3.05) is 10.6 Å². The number of rotatable bonds is 3. The normalized spacial score (nSPS) is 10.3. The largest absolute Gasteiger partial charge is 0.325 e. The third-order valence-electron chi connectivity index (χ3n) is 2.88. The zero-order chi connectivity index (χ0) is 16.2. The summed E-state index contributed by atoms with van der Waals surface area (Å²) < 4.78 is 0. The van der Waals surface area contributed by atoms with Gasteiger partial charge in [0.2, 0.25) is 0 Å². The molecule has 8 heteroatoms. The summed E-state index contributed by atoms with van der Waals surface area (Å²) in [4.78, 5) is 20.3. The van der Waals surface area contributed by atoms with E-state index in [9.17, 15) is 4.79 Å². The predicted octanol–water partition coefficient (Wildman–Crippen LogP) is 5.16. The number of nitrogens with zero attached hydrogens (tertiary/aromatic N) is 2. The van der Waals surface area contributed by atoms with Gasteiger partial charge >= 0.3 is 6.03 Å². The Hall–Kier alpha value is -2.15. The molecule has 1 aromatic carbocycles. The molecular formula is C15H10Cl2N4OS. The molecule has 0 spiro atoms. The minimum Gasteiger partial charge on any atom is -0.308 e. The van der Waals surface area contributed by atoms with E-state index < -0.39 is 6.03 Å². The first-order chi connectivity index (χ1) is 11.1. The second-order valence-corrected chi connectivity index (χ2v) is 6.15. The molecular weight excluding hydrogens is 355 g/mol. The Balaban J connectivity index is 1.66. The number of anilines is 2. The number of urea groups is 1. The van der Waals surface area contributed by atoms with Gasteiger partial charge in [-0.25, -0.2) is 9.78 Å². The van der Waals surface area contributed by atoms with Crippen LogP contribution in [0.5, 0.6) is 0 Å². The van der Waals surface area contributed by atoms with E-state index in [1.807, 2.05) is 17.5 Å². The van der Waals surface area contributed by atoms with Crippen molar-refractivity contribution in [1.29, 1.82) is 0 Å². The van der Waals surface area contributed by atoms with E-state index in [4.69, 9.17) is 23.2 Å². The van der Waals surface area contributed by atoms with Gasteiger partial charge in [-0.2, -0.15) is 0 Å². The Bertz CT molecular complexity index is 839. The van der Waals surface area contributed by atoms with E-state index in [0.29, 0.717) is 20.9 Å². The van der Waals surface area contributed by atoms with E-state index >= 15 is 0 Å². The number of amides is 2. The van der Waals surface area contributed by atoms with Crippen molar-refractivity contribution in [2.45, 2.75) is 0 Å². The maximum atomic E-state index is 12.0. The molecule has 0 aliphatic rings. The molecule has 3 rings (SSSR count). The zero-order valence-electron chi connectivity index (χ0n) is 11.6. The number of halogens is 2. The van der Waals surface area contributed by atoms with E-state index in [1.54, 1.807) is 30.6 Å². The Morgan fingerprint density at radius 1 is 1.04 bits per heavy atom. The van der Waals surface area contributed by atoms with Gasteiger partial charge in [-0.05, 0) is 30.3 Å². The van der Waals surface area contributed by atoms with Gasteiger partial charge < -0.3 is 5.32 Å². The van der Waals surface area contributed by atoms with Gasteiger partial charge in [-0.15, -0.1) is 11.3 Å². The van der Waals surface area contributed by atoms with Crippen LogP contribution in [0.4, 0.5) is 15.6 Å². The molecule has 2 N–H and O–H groups in total. The summed E-state index contributed by atoms with van der Waals surface area (Å²) >= 11 is 13.1. The van der Waals surface area contributed by atoms with Crippen LogP contribution < -0.4 is 10.6 Å². The highest BCUT2D eigenvalue weighted by Crippen LogP contribution is 2.26. The number of aromatic nitrogens is 2. The van der Waals surface area contributed by atoms with Crippen molar-refractivity contribution in [3.05, 3.63) is 58.2 Å². The van der Waals surface area contributed by atoms with E-state index in [1.165, 1.54) is 11.3 Å². The summed E-state index contributed by atoms with van der Waals surface area (Å²) in [6.45, 7) is 0. The maximum Gasteiger partial charge on any atom is 0.325 e. The number of hydrogen-bond donors (Lipinski definition) is 2. The van der Waals surface area contributed by atoms with Crippen molar-refractivity contribution in [2.24, 2.45) is 0 Å². The van der Waals surface area contributed by atoms with E-state index in [-0.39, 0.29) is 0 Å². The fourth-order valence-corrected chi connectivity index (χ4v) is 2.83. The molecule has 0 fully saturated rings. The summed E-state index contributed by atoms with van der Waals surface area (Å²) in [5, 5.41) is 8.52. The highest BCUT2D eigenvalue weighted by atomic mass is 35.5. The zero-order valence-corrected chi connectivity index (χ0v) is 13.9. The Morgan fingerprint density at radius 2 is 1.83 bits per heavy atom. The summed E-state index contributed by atoms with van der Waals surface area (Å²) in [5.74, 6) is 0. The van der Waals surface area contributed by atoms with Gasteiger partial charge in [-0.3, -0.25) is 10.3 Å². The SMILES string of the molecule is O=C(Nc1ccc(Cl)c(Cl)c1)Nc1nc(-c2ccncc2)cs1. The van der Waals surface area contributed by atoms with E-state index in [2.05, 4.69) is 20.6 Å². The van der Waals surface area contributed by atoms with Crippen LogP contribution in [0.3, 0.4) is 0 Å². The lowest BCUT2D eigenvalue weighted by Gasteiger charge is -2.06. The van der Waals surface area contributed by atoms with Crippen LogP contribution in [0, 0.1) is 0 Å². The number of carbonyl (C=O) groups excluding carboxylic acids is 1. The number of nitrogens with one attached hydrogen (secondary N) is 2. The summed E-state index contributed by atoms with van der Waals surface area (Å²) in [6, 6.07) is 8.17. The Labute approximate surface area is 146 Å². The maximum absolute atomic E-state index is 12.0. The van der Waals surface area contributed by atoms with Gasteiger partial charge in [0, 0.05) is 29.0 Å². The average molecular weight is 365 g/mol. The number of pyridine rings is 1. The van der Waals surface area contributed by atoms with Crippen LogP contribution in [0.1, 0.15) is 0 Å². The standard InChI is InChI=1S/C15H10Cl2N4OS/c16-11-2-1-10(7-12(11)17)19-14(22)21-15-20-13(8-23-15)9-3-5-18-6-4-9/h1-8H,(H2,19,20,21,22). The second kappa shape index (κ2) is 6.95. The van der Waals surface area contributed by atoms with Crippen molar-refractivity contribution < 1.29 is 4.79 Å². The van der Waals surface area contributed by atoms with Crippen LogP contribution in [0.15, 0.2) is 48.1 Å². The summed E-state index contributed by atoms with van der Waals surface area (Å²) in [7, 11) is 0. The molecule has 0 unspecified atom stereocenters. The Kier molecular flexibility index (Phi) is 4.76. The highest BCUT2D eigenvalue weighted by Gasteiger charge is 2.09. The fraction of sp³-hybridized carbons (Fsp3) is 0. The van der Waals surface area contributed by atoms with Crippen molar-refractivity contribution in [1.82, 2.24) is 9.97 Å². The van der Waals surface area contributed by atoms with Crippen LogP contribution in [-0.2, 0) is 0 Å². The van der Waals surface area contributed by atoms with Gasteiger partial charge in [0.05, 0.1) is 15.7 Å². The van der Waals surface area contributed by atoms with Crippen LogP contribution >= 0.6 is 34.5 Å². The quantitative estimate of drug-likeness (QED) is 0.674. The summed E-state index contributed by atoms with van der Waals surface area (Å²) in [5.41, 5.74) is 2.26. The highest BCUT2D eigenvalue weighted by molar-refractivity contribution is 7.14. The predicted molar refractivity (Wildman–Crippen MR) is 94.4 cm³/mol. The molecule has 3 aromatic rings. The molecule has 0 bridgehead atoms. The molecule has 0 saturated heterocycles. The molecule has 2 heterocycles. The molecule has 2 amide bonds. The fourth-order valence-electron chi connectivity index (χ4n) is 1.82. The first-order valence-electron chi connectivity index (χ1n) is 6.51. The minimum atomic E-state index is -0.404. The first-order valence-corrected chi connectivity index (χ1v) is 8.14. The van der Waals surface area contributed by atoms with Gasteiger partial charge in [-0.1, -0.05) is 23.2 Å². The number of thiazole rings is 1. The van der Waals surface area contributed by atoms with Gasteiger partial charge in [0.15, 0.2) is 5.13 Å². The molecule has 0 aliphatic carbocycles. The van der Waals surface area contributed by atoms with Gasteiger partial charge in [0.25, 0.3) is 0 Å². The molecule has 0 radical (unpaired) electrons. The topological polar surface area (TPSA) is 66.9 Å². The van der Waals surface area contributed by atoms with Gasteiger partial charge in [0.1, 0.15) is 0 Å². The smallest absolute Gasteiger partial charge is 0.308 e. The van der Waals surface area contributed by atoms with E-state index in [0.717, 1.165) is 11.3 Å². The lowest BCUT2D eigenvalue weighted by atomic mass is 10.2. The first kappa shape index (κ1) is 15.7. The molecule has 0 atom stereocenters. The van der Waals surface area contributed by atoms with Crippen molar-refractivity contribution in [3.63, 3.8) is 0 Å². The van der Waals surface area contributed by atoms with Crippen molar-refractivity contribution >= 4 is 51.4 Å². The number of hydrogen-bond acceptors (Lipinski definition) is 4. The molecule has 23 heavy (non-hydrogen) atoms. The molecule has 0 aliphatic heterocycles. The third kappa shape index (κ3) is 3.98. The average Bonchev–Trinajstić information content (AvgIpc) is 3.00. The van der Waals surface area contributed by atoms with Crippen LogP contribution in [0.2, 0.25) is 10.0 Å². The number of benzene rings is 1. The second-order valence-electron chi connectivity index (χ2n) is 4.48. The molecule has 116 valence electrons. The summed E-state index contributed by atoms with van der Waals surface area (Å²) in [6.07, 6.45) is 3.39. The molecule has 0 saturated carbocycles. The van der Waals surface area contributed by atoms with Crippen LogP contribution in [0.25, 0.3) is 11.3 Å². The monoisotopic (exact) mass is 364 g/mol. The van der Waals surface area contributed by atoms with Crippen LogP contribution in [-0.4, -0.2) is 16.0 Å². The molecule has 5 nitrogen and oxygen atoms in total. The lowest BCUT2D eigenvalue weighted by Crippen LogP contribution is -2.19. The lowest BCUT2D eigenvalue weighted by molar-refractivity contribution is 0.262. The molecule has 2 aromatic heterocycles. The van der Waals surface area contributed by atoms with Crippen molar-refractivity contribution in [3.8, 4) is 11.3 Å².